The van der Waals surface area contributed by atoms with Crippen molar-refractivity contribution < 1.29 is 65.4 Å². The summed E-state index contributed by atoms with van der Waals surface area (Å²) in [4.78, 5) is 44.6. The van der Waals surface area contributed by atoms with Gasteiger partial charge < -0.3 is 39.6 Å². The van der Waals surface area contributed by atoms with Crippen molar-refractivity contribution in [2.75, 3.05) is 0 Å². The molecule has 53 heavy (non-hydrogen) atoms. The number of hydrogen-bond acceptors (Lipinski definition) is 8. The summed E-state index contributed by atoms with van der Waals surface area (Å²) >= 11 is 0. The van der Waals surface area contributed by atoms with Crippen LogP contribution in [0.15, 0.2) is 0 Å². The van der Waals surface area contributed by atoms with Gasteiger partial charge in [0.05, 0.1) is 0 Å². The average molecular weight is 895 g/mol. The van der Waals surface area contributed by atoms with Gasteiger partial charge in [0.1, 0.15) is 0 Å². The Morgan fingerprint density at radius 1 is 0.264 bits per heavy atom. The predicted octanol–water partition coefficient (Wildman–Crippen LogP) is 3.81. The van der Waals surface area contributed by atoms with Crippen molar-refractivity contribution >= 4 is 23.9 Å². The van der Waals surface area contributed by atoms with Gasteiger partial charge in [-0.1, -0.05) is 0 Å². The smallest absolute Gasteiger partial charge is 0.550 e. The molecule has 0 aromatic rings. The van der Waals surface area contributed by atoms with E-state index in [2.05, 4.69) is 0 Å². The maximum Gasteiger partial charge on any atom is 4.00 e. The molecule has 0 saturated heterocycles. The Labute approximate surface area is 334 Å². The summed E-state index contributed by atoms with van der Waals surface area (Å²) in [5.74, 6) is 5.52. The van der Waals surface area contributed by atoms with Crippen molar-refractivity contribution in [1.82, 2.24) is 0 Å². The zero-order chi connectivity index (χ0) is 36.2. The fraction of sp³-hybridized carbons (Fsp3) is 0.909. The van der Waals surface area contributed by atoms with Crippen LogP contribution in [0.25, 0.3) is 0 Å². The topological polar surface area (TPSA) is 161 Å². The van der Waals surface area contributed by atoms with Gasteiger partial charge in [-0.2, -0.15) is 0 Å². The molecule has 16 aliphatic carbocycles. The monoisotopic (exact) mass is 896 g/mol. The van der Waals surface area contributed by atoms with Gasteiger partial charge in [-0.05, 0) is 225 Å². The number of rotatable bonds is 4. The molecule has 0 spiro atoms. The quantitative estimate of drug-likeness (QED) is 0.386. The first-order valence-corrected chi connectivity index (χ1v) is 21.6. The van der Waals surface area contributed by atoms with Crippen LogP contribution < -0.4 is 20.4 Å². The summed E-state index contributed by atoms with van der Waals surface area (Å²) in [5.41, 5.74) is -1.58. The van der Waals surface area contributed by atoms with Gasteiger partial charge in [-0.25, -0.2) is 0 Å². The third kappa shape index (κ3) is 7.06. The molecule has 0 atom stereocenters. The summed E-state index contributed by atoms with van der Waals surface area (Å²) in [6.07, 6.45) is 26.6. The van der Waals surface area contributed by atoms with Crippen molar-refractivity contribution in [2.45, 2.75) is 154 Å². The Kier molecular flexibility index (Phi) is 10.2. The summed E-state index contributed by atoms with van der Waals surface area (Å²) in [5, 5.41) is 44.6. The van der Waals surface area contributed by atoms with E-state index in [-0.39, 0.29) is 25.8 Å². The van der Waals surface area contributed by atoms with Crippen LogP contribution in [0.5, 0.6) is 0 Å². The zero-order valence-corrected chi connectivity index (χ0v) is 35.3. The molecule has 0 radical (unpaired) electrons. The van der Waals surface area contributed by atoms with E-state index in [9.17, 15) is 39.6 Å². The molecule has 0 N–H and O–H groups in total. The minimum absolute atomic E-state index is 0. The molecule has 0 amide bonds. The van der Waals surface area contributed by atoms with E-state index in [1.54, 1.807) is 0 Å². The zero-order valence-electron chi connectivity index (χ0n) is 31.7. The van der Waals surface area contributed by atoms with Crippen LogP contribution in [0.4, 0.5) is 0 Å². The van der Waals surface area contributed by atoms with Gasteiger partial charge >= 0.3 is 25.8 Å². The van der Waals surface area contributed by atoms with E-state index in [0.717, 1.165) is 77.0 Å². The van der Waals surface area contributed by atoms with Gasteiger partial charge in [-0.3, -0.25) is 0 Å². The third-order valence-electron chi connectivity index (χ3n) is 17.9. The Bertz CT molecular complexity index is 1110. The first-order chi connectivity index (χ1) is 24.7. The molecule has 16 saturated carbocycles. The van der Waals surface area contributed by atoms with Gasteiger partial charge in [0.25, 0.3) is 0 Å². The van der Waals surface area contributed by atoms with Crippen molar-refractivity contribution in [3.63, 3.8) is 0 Å². The molecule has 0 heterocycles. The van der Waals surface area contributed by atoms with Gasteiger partial charge in [0, 0.05) is 45.5 Å². The first kappa shape index (κ1) is 38.6. The maximum atomic E-state index is 11.1. The average Bonchev–Trinajstić information content (AvgIpc) is 3.03. The van der Waals surface area contributed by atoms with E-state index >= 15 is 0 Å². The van der Waals surface area contributed by atoms with Crippen LogP contribution >= 0.6 is 0 Å². The van der Waals surface area contributed by atoms with E-state index in [0.29, 0.717) is 71.0 Å². The Hall–Kier alpha value is -1.25. The third-order valence-corrected chi connectivity index (χ3v) is 17.9. The number of carboxylic acids is 4. The molecular weight excluding hydrogens is 835 g/mol. The second kappa shape index (κ2) is 14.0. The van der Waals surface area contributed by atoms with Crippen LogP contribution in [0, 0.1) is 92.7 Å². The fourth-order valence-corrected chi connectivity index (χ4v) is 17.4. The normalized spacial score (nSPS) is 51.5. The van der Waals surface area contributed by atoms with E-state index in [4.69, 9.17) is 0 Å². The Balaban J connectivity index is 0.0000001000. The molecule has 288 valence electrons. The number of carboxylic acid groups (broad SMARTS) is 4. The summed E-state index contributed by atoms with van der Waals surface area (Å²) in [6.45, 7) is 0. The van der Waals surface area contributed by atoms with Crippen LogP contribution in [0.3, 0.4) is 0 Å². The molecule has 0 aromatic heterocycles. The molecule has 16 rings (SSSR count). The number of hydrogen-bond donors (Lipinski definition) is 0. The van der Waals surface area contributed by atoms with Crippen LogP contribution in [-0.4, -0.2) is 23.9 Å². The van der Waals surface area contributed by atoms with Crippen LogP contribution in [0.2, 0.25) is 0 Å². The molecule has 0 aromatic carbocycles. The predicted molar refractivity (Wildman–Crippen MR) is 182 cm³/mol. The van der Waals surface area contributed by atoms with E-state index in [1.165, 1.54) is 77.0 Å². The molecule has 16 bridgehead atoms. The number of carbonyl (C=O) groups excluding carboxylic acids is 4. The van der Waals surface area contributed by atoms with Gasteiger partial charge in [-0.15, -0.1) is 0 Å². The maximum absolute atomic E-state index is 11.1. The van der Waals surface area contributed by atoms with Crippen molar-refractivity contribution in [3.05, 3.63) is 0 Å². The van der Waals surface area contributed by atoms with Gasteiger partial charge in [0.2, 0.25) is 0 Å². The largest absolute Gasteiger partial charge is 4.00 e. The minimum atomic E-state index is -0.758. The molecule has 16 aliphatic rings. The molecule has 16 fully saturated rings. The van der Waals surface area contributed by atoms with E-state index in [1.807, 2.05) is 0 Å². The minimum Gasteiger partial charge on any atom is -0.550 e. The molecule has 8 nitrogen and oxygen atoms in total. The molecule has 0 aliphatic heterocycles. The number of aliphatic carboxylic acids is 4. The molecule has 0 unspecified atom stereocenters. The second-order valence-corrected chi connectivity index (χ2v) is 21.9. The molecular formula is C44H60HfO8. The number of carbonyl (C=O) groups is 4. The van der Waals surface area contributed by atoms with Crippen molar-refractivity contribution in [1.29, 1.82) is 0 Å². The SMILES string of the molecule is O=C([O-])C12CC3CC(CC(C3)C1)C2.O=C([O-])C12CC3CC(CC(C3)C1)C2.O=C([O-])C12CC3CC(CC(C3)C1)C2.O=C([O-])C12CC3CC(CC(C3)C1)C2.[Hf+4]. The van der Waals surface area contributed by atoms with Crippen molar-refractivity contribution in [2.24, 2.45) is 92.7 Å². The summed E-state index contributed by atoms with van der Waals surface area (Å²) in [7, 11) is 0. The Morgan fingerprint density at radius 2 is 0.358 bits per heavy atom. The Morgan fingerprint density at radius 3 is 0.434 bits per heavy atom. The molecule has 9 heteroatoms. The second-order valence-electron chi connectivity index (χ2n) is 21.9. The summed E-state index contributed by atoms with van der Waals surface area (Å²) in [6, 6.07) is 0. The standard InChI is InChI=1S/4C11H16O2.Hf/c4*12-10(13)11-4-7-1-8(5-11)3-9(2-7)6-11;/h4*7-9H,1-6H2,(H,12,13);/q;;;;+4/p-4. The van der Waals surface area contributed by atoms with Crippen molar-refractivity contribution in [3.8, 4) is 0 Å². The van der Waals surface area contributed by atoms with Gasteiger partial charge in [0.15, 0.2) is 0 Å². The summed E-state index contributed by atoms with van der Waals surface area (Å²) < 4.78 is 0. The first-order valence-electron chi connectivity index (χ1n) is 21.6. The van der Waals surface area contributed by atoms with Crippen LogP contribution in [-0.2, 0) is 45.0 Å². The van der Waals surface area contributed by atoms with Crippen LogP contribution in [0.1, 0.15) is 154 Å². The van der Waals surface area contributed by atoms with E-state index < -0.39 is 45.5 Å². The fourth-order valence-electron chi connectivity index (χ4n) is 17.4.